The van der Waals surface area contributed by atoms with E-state index in [0.717, 1.165) is 10.9 Å². The molecule has 0 amide bonds. The maximum absolute atomic E-state index is 12.3. The molecule has 2 heterocycles. The third-order valence-electron chi connectivity index (χ3n) is 3.77. The van der Waals surface area contributed by atoms with E-state index < -0.39 is 5.56 Å². The summed E-state index contributed by atoms with van der Waals surface area (Å²) in [5, 5.41) is 4.99. The van der Waals surface area contributed by atoms with Gasteiger partial charge in [0.1, 0.15) is 12.0 Å². The van der Waals surface area contributed by atoms with E-state index in [0.29, 0.717) is 11.2 Å². The van der Waals surface area contributed by atoms with Crippen LogP contribution in [0.5, 0.6) is 0 Å². The highest BCUT2D eigenvalue weighted by Crippen LogP contribution is 2.14. The van der Waals surface area contributed by atoms with Crippen molar-refractivity contribution in [1.82, 2.24) is 19.6 Å². The molecule has 0 atom stereocenters. The van der Waals surface area contributed by atoms with Crippen LogP contribution in [-0.2, 0) is 6.42 Å². The van der Waals surface area contributed by atoms with Crippen molar-refractivity contribution < 1.29 is 4.79 Å². The number of ketones is 1. The molecule has 116 valence electrons. The molecule has 2 aromatic heterocycles. The molecule has 0 fully saturated rings. The van der Waals surface area contributed by atoms with Gasteiger partial charge < -0.3 is 0 Å². The number of rotatable bonds is 3. The lowest BCUT2D eigenvalue weighted by Gasteiger charge is -2.05. The van der Waals surface area contributed by atoms with Crippen LogP contribution in [-0.4, -0.2) is 25.4 Å². The molecule has 2 aromatic carbocycles. The highest BCUT2D eigenvalue weighted by molar-refractivity contribution is 5.97. The molecule has 0 aliphatic carbocycles. The predicted octanol–water partition coefficient (Wildman–Crippen LogP) is 2.06. The summed E-state index contributed by atoms with van der Waals surface area (Å²) in [7, 11) is 0. The van der Waals surface area contributed by atoms with Crippen molar-refractivity contribution in [2.24, 2.45) is 0 Å². The Morgan fingerprint density at radius 1 is 1.00 bits per heavy atom. The summed E-state index contributed by atoms with van der Waals surface area (Å²) >= 11 is 0. The number of hydrogen-bond donors (Lipinski definition) is 0. The third-order valence-corrected chi connectivity index (χ3v) is 3.77. The highest BCUT2D eigenvalue weighted by atomic mass is 16.1. The Hall–Kier alpha value is -3.41. The molecule has 0 bridgehead atoms. The minimum Gasteiger partial charge on any atom is -0.294 e. The minimum atomic E-state index is -0.490. The normalized spacial score (nSPS) is 11.0. The molecule has 4 rings (SSSR count). The van der Waals surface area contributed by atoms with Crippen LogP contribution in [0.4, 0.5) is 0 Å². The van der Waals surface area contributed by atoms with Crippen LogP contribution in [0, 0.1) is 0 Å². The van der Waals surface area contributed by atoms with Gasteiger partial charge in [-0.2, -0.15) is 10.1 Å². The van der Waals surface area contributed by atoms with E-state index in [9.17, 15) is 9.59 Å². The Morgan fingerprint density at radius 3 is 2.58 bits per heavy atom. The summed E-state index contributed by atoms with van der Waals surface area (Å²) in [5.74, 6) is -0.171. The Kier molecular flexibility index (Phi) is 3.35. The first-order valence-electron chi connectivity index (χ1n) is 7.44. The fourth-order valence-corrected chi connectivity index (χ4v) is 2.58. The molecule has 0 aliphatic rings. The number of carbonyl (C=O) groups is 1. The SMILES string of the molecule is O=C(Cc1nn2cnc3ccccc3c2nc1=O)c1ccccc1. The summed E-state index contributed by atoms with van der Waals surface area (Å²) in [6.45, 7) is 0. The van der Waals surface area contributed by atoms with Gasteiger partial charge >= 0.3 is 0 Å². The number of carbonyl (C=O) groups excluding carboxylic acids is 1. The van der Waals surface area contributed by atoms with E-state index in [-0.39, 0.29) is 17.9 Å². The fourth-order valence-electron chi connectivity index (χ4n) is 2.58. The summed E-state index contributed by atoms with van der Waals surface area (Å²) in [6, 6.07) is 16.2. The molecule has 0 radical (unpaired) electrons. The van der Waals surface area contributed by atoms with Gasteiger partial charge in [-0.1, -0.05) is 42.5 Å². The van der Waals surface area contributed by atoms with Crippen molar-refractivity contribution in [2.75, 3.05) is 0 Å². The average Bonchev–Trinajstić information content (AvgIpc) is 2.63. The number of benzene rings is 2. The largest absolute Gasteiger partial charge is 0.295 e. The van der Waals surface area contributed by atoms with Gasteiger partial charge in [0.2, 0.25) is 0 Å². The first-order valence-corrected chi connectivity index (χ1v) is 7.44. The van der Waals surface area contributed by atoms with Crippen molar-refractivity contribution in [3.05, 3.63) is 82.5 Å². The maximum Gasteiger partial charge on any atom is 0.295 e. The van der Waals surface area contributed by atoms with Crippen LogP contribution in [0.15, 0.2) is 65.7 Å². The first kappa shape index (κ1) is 14.2. The number of aromatic nitrogens is 4. The summed E-state index contributed by atoms with van der Waals surface area (Å²) in [4.78, 5) is 33.0. The molecule has 24 heavy (non-hydrogen) atoms. The van der Waals surface area contributed by atoms with Crippen LogP contribution in [0.1, 0.15) is 16.1 Å². The molecule has 0 N–H and O–H groups in total. The molecule has 0 aliphatic heterocycles. The number of Topliss-reactive ketones (excluding diaryl/α,β-unsaturated/α-hetero) is 1. The quantitative estimate of drug-likeness (QED) is 0.427. The third kappa shape index (κ3) is 2.44. The van der Waals surface area contributed by atoms with Gasteiger partial charge in [0.15, 0.2) is 11.4 Å². The van der Waals surface area contributed by atoms with Crippen molar-refractivity contribution in [2.45, 2.75) is 6.42 Å². The second-order valence-corrected chi connectivity index (χ2v) is 5.36. The molecular weight excluding hydrogens is 304 g/mol. The summed E-state index contributed by atoms with van der Waals surface area (Å²) < 4.78 is 1.44. The lowest BCUT2D eigenvalue weighted by molar-refractivity contribution is 0.0991. The standard InChI is InChI=1S/C18H12N4O2/c23-16(12-6-2-1-3-7-12)10-15-18(24)20-17-13-8-4-5-9-14(13)19-11-22(17)21-15/h1-9,11H,10H2. The topological polar surface area (TPSA) is 77.2 Å². The molecule has 6 heteroatoms. The number of nitrogens with zero attached hydrogens (tertiary/aromatic N) is 4. The molecule has 0 unspecified atom stereocenters. The van der Waals surface area contributed by atoms with Crippen molar-refractivity contribution >= 4 is 22.3 Å². The Balaban J connectivity index is 1.80. The summed E-state index contributed by atoms with van der Waals surface area (Å²) in [5.41, 5.74) is 1.33. The number of para-hydroxylation sites is 1. The van der Waals surface area contributed by atoms with Gasteiger partial charge in [-0.3, -0.25) is 9.59 Å². The summed E-state index contributed by atoms with van der Waals surface area (Å²) in [6.07, 6.45) is 1.41. The zero-order chi connectivity index (χ0) is 16.5. The number of fused-ring (bicyclic) bond motifs is 3. The van der Waals surface area contributed by atoms with Crippen LogP contribution in [0.2, 0.25) is 0 Å². The van der Waals surface area contributed by atoms with Gasteiger partial charge in [0.25, 0.3) is 5.56 Å². The molecule has 4 aromatic rings. The average molecular weight is 316 g/mol. The Morgan fingerprint density at radius 2 is 1.75 bits per heavy atom. The van der Waals surface area contributed by atoms with Gasteiger partial charge in [0, 0.05) is 10.9 Å². The smallest absolute Gasteiger partial charge is 0.294 e. The van der Waals surface area contributed by atoms with Crippen molar-refractivity contribution in [3.8, 4) is 0 Å². The van der Waals surface area contributed by atoms with Crippen molar-refractivity contribution in [3.63, 3.8) is 0 Å². The zero-order valence-corrected chi connectivity index (χ0v) is 12.6. The predicted molar refractivity (Wildman–Crippen MR) is 89.0 cm³/mol. The van der Waals surface area contributed by atoms with E-state index in [1.54, 1.807) is 24.3 Å². The maximum atomic E-state index is 12.3. The van der Waals surface area contributed by atoms with Crippen molar-refractivity contribution in [1.29, 1.82) is 0 Å². The molecule has 0 saturated carbocycles. The molecule has 0 spiro atoms. The van der Waals surface area contributed by atoms with Crippen LogP contribution >= 0.6 is 0 Å². The Labute approximate surface area is 136 Å². The first-order chi connectivity index (χ1) is 11.7. The van der Waals surface area contributed by atoms with E-state index in [2.05, 4.69) is 15.1 Å². The zero-order valence-electron chi connectivity index (χ0n) is 12.6. The number of hydrogen-bond acceptors (Lipinski definition) is 5. The minimum absolute atomic E-state index is 0.0917. The van der Waals surface area contributed by atoms with Crippen LogP contribution in [0.3, 0.4) is 0 Å². The van der Waals surface area contributed by atoms with Crippen LogP contribution in [0.25, 0.3) is 16.6 Å². The second-order valence-electron chi connectivity index (χ2n) is 5.36. The van der Waals surface area contributed by atoms with Gasteiger partial charge in [0.05, 0.1) is 11.9 Å². The Bertz CT molecular complexity index is 1120. The van der Waals surface area contributed by atoms with Gasteiger partial charge in [-0.15, -0.1) is 0 Å². The van der Waals surface area contributed by atoms with Gasteiger partial charge in [-0.25, -0.2) is 9.50 Å². The molecule has 0 saturated heterocycles. The van der Waals surface area contributed by atoms with Crippen LogP contribution < -0.4 is 5.56 Å². The van der Waals surface area contributed by atoms with E-state index in [1.807, 2.05) is 30.3 Å². The fraction of sp³-hybridized carbons (Fsp3) is 0.0556. The van der Waals surface area contributed by atoms with Gasteiger partial charge in [-0.05, 0) is 12.1 Å². The molecular formula is C18H12N4O2. The van der Waals surface area contributed by atoms with E-state index in [4.69, 9.17) is 0 Å². The highest BCUT2D eigenvalue weighted by Gasteiger charge is 2.14. The molecule has 6 nitrogen and oxygen atoms in total. The monoisotopic (exact) mass is 316 g/mol. The lowest BCUT2D eigenvalue weighted by atomic mass is 10.1. The van der Waals surface area contributed by atoms with E-state index in [1.165, 1.54) is 10.8 Å². The van der Waals surface area contributed by atoms with E-state index >= 15 is 0 Å². The lowest BCUT2D eigenvalue weighted by Crippen LogP contribution is -2.22. The second kappa shape index (κ2) is 5.66.